The number of rotatable bonds is 8. The van der Waals surface area contributed by atoms with Crippen LogP contribution in [0.2, 0.25) is 0 Å². The average molecular weight is 377 g/mol. The summed E-state index contributed by atoms with van der Waals surface area (Å²) in [5, 5.41) is 9.67. The summed E-state index contributed by atoms with van der Waals surface area (Å²) in [5.74, 6) is 0.638. The van der Waals surface area contributed by atoms with Crippen LogP contribution in [0.5, 0.6) is 0 Å². The molecule has 3 N–H and O–H groups in total. The van der Waals surface area contributed by atoms with E-state index in [9.17, 15) is 13.2 Å². The standard InChI is InChI=1S/C17H23N5O3S/c1-18-26(24,25)16-6-3-2-5-14(16)21-17(23)19-10-4-12-22-15(9-11-20-22)13-7-8-13/h2-3,5-6,9,11,13,18H,4,7-8,10,12H2,1H3,(H2,19,21,23). The number of aromatic nitrogens is 2. The second kappa shape index (κ2) is 7.88. The van der Waals surface area contributed by atoms with Gasteiger partial charge in [0, 0.05) is 30.9 Å². The number of nitrogens with one attached hydrogen (secondary N) is 3. The number of hydrogen-bond donors (Lipinski definition) is 3. The summed E-state index contributed by atoms with van der Waals surface area (Å²) in [5.41, 5.74) is 1.50. The number of aryl methyl sites for hydroxylation is 1. The normalized spacial score (nSPS) is 14.2. The molecule has 1 aromatic carbocycles. The van der Waals surface area contributed by atoms with Gasteiger partial charge in [-0.15, -0.1) is 0 Å². The second-order valence-corrected chi connectivity index (χ2v) is 8.05. The lowest BCUT2D eigenvalue weighted by atomic mass is 10.3. The first-order valence-corrected chi connectivity index (χ1v) is 10.1. The third kappa shape index (κ3) is 4.41. The highest BCUT2D eigenvalue weighted by atomic mass is 32.2. The lowest BCUT2D eigenvalue weighted by molar-refractivity contribution is 0.251. The van der Waals surface area contributed by atoms with Gasteiger partial charge in [0.25, 0.3) is 0 Å². The first-order valence-electron chi connectivity index (χ1n) is 8.60. The first kappa shape index (κ1) is 18.4. The number of carbonyl (C=O) groups excluding carboxylic acids is 1. The predicted molar refractivity (Wildman–Crippen MR) is 98.5 cm³/mol. The summed E-state index contributed by atoms with van der Waals surface area (Å²) >= 11 is 0. The Bertz CT molecular complexity index is 874. The molecule has 26 heavy (non-hydrogen) atoms. The van der Waals surface area contributed by atoms with Gasteiger partial charge >= 0.3 is 6.03 Å². The molecule has 0 aliphatic heterocycles. The average Bonchev–Trinajstić information content (AvgIpc) is 3.37. The molecular weight excluding hydrogens is 354 g/mol. The molecule has 9 heteroatoms. The Labute approximate surface area is 153 Å². The van der Waals surface area contributed by atoms with Crippen molar-refractivity contribution >= 4 is 21.7 Å². The summed E-state index contributed by atoms with van der Waals surface area (Å²) in [6.07, 6.45) is 5.00. The van der Waals surface area contributed by atoms with Gasteiger partial charge in [-0.1, -0.05) is 12.1 Å². The maximum atomic E-state index is 12.1. The molecule has 0 bridgehead atoms. The Morgan fingerprint density at radius 3 is 2.77 bits per heavy atom. The fourth-order valence-corrected chi connectivity index (χ4v) is 3.65. The molecule has 1 heterocycles. The molecule has 1 fully saturated rings. The smallest absolute Gasteiger partial charge is 0.319 e. The molecule has 140 valence electrons. The van der Waals surface area contributed by atoms with Crippen molar-refractivity contribution in [3.63, 3.8) is 0 Å². The van der Waals surface area contributed by atoms with Gasteiger partial charge in [0.15, 0.2) is 0 Å². The van der Waals surface area contributed by atoms with Crippen LogP contribution in [-0.2, 0) is 16.6 Å². The van der Waals surface area contributed by atoms with Crippen molar-refractivity contribution in [3.05, 3.63) is 42.2 Å². The summed E-state index contributed by atoms with van der Waals surface area (Å²) in [6.45, 7) is 1.21. The zero-order valence-corrected chi connectivity index (χ0v) is 15.4. The minimum absolute atomic E-state index is 0.0308. The number of benzene rings is 1. The summed E-state index contributed by atoms with van der Waals surface area (Å²) in [6, 6.07) is 7.88. The van der Waals surface area contributed by atoms with E-state index >= 15 is 0 Å². The van der Waals surface area contributed by atoms with E-state index in [0.717, 1.165) is 13.0 Å². The highest BCUT2D eigenvalue weighted by Crippen LogP contribution is 2.39. The van der Waals surface area contributed by atoms with Crippen molar-refractivity contribution in [1.29, 1.82) is 0 Å². The second-order valence-electron chi connectivity index (χ2n) is 6.19. The van der Waals surface area contributed by atoms with Gasteiger partial charge in [-0.2, -0.15) is 5.10 Å². The van der Waals surface area contributed by atoms with E-state index in [2.05, 4.69) is 26.5 Å². The van der Waals surface area contributed by atoms with Gasteiger partial charge < -0.3 is 10.6 Å². The number of amides is 2. The van der Waals surface area contributed by atoms with Crippen LogP contribution in [0, 0.1) is 0 Å². The third-order valence-electron chi connectivity index (χ3n) is 4.27. The number of hydrogen-bond acceptors (Lipinski definition) is 4. The molecule has 1 aliphatic rings. The SMILES string of the molecule is CNS(=O)(=O)c1ccccc1NC(=O)NCCCn1nccc1C1CC1. The maximum Gasteiger partial charge on any atom is 0.319 e. The largest absolute Gasteiger partial charge is 0.338 e. The van der Waals surface area contributed by atoms with Gasteiger partial charge in [0.05, 0.1) is 5.69 Å². The van der Waals surface area contributed by atoms with Crippen LogP contribution in [0.3, 0.4) is 0 Å². The number of nitrogens with zero attached hydrogens (tertiary/aromatic N) is 2. The molecule has 3 rings (SSSR count). The van der Waals surface area contributed by atoms with Crippen molar-refractivity contribution in [1.82, 2.24) is 19.8 Å². The van der Waals surface area contributed by atoms with Crippen LogP contribution in [0.4, 0.5) is 10.5 Å². The van der Waals surface area contributed by atoms with Crippen LogP contribution in [-0.4, -0.2) is 37.8 Å². The number of urea groups is 1. The van der Waals surface area contributed by atoms with E-state index in [-0.39, 0.29) is 10.6 Å². The molecule has 1 saturated carbocycles. The summed E-state index contributed by atoms with van der Waals surface area (Å²) in [7, 11) is -2.31. The van der Waals surface area contributed by atoms with Crippen LogP contribution in [0.15, 0.2) is 41.4 Å². The van der Waals surface area contributed by atoms with E-state index < -0.39 is 16.1 Å². The fraction of sp³-hybridized carbons (Fsp3) is 0.412. The van der Waals surface area contributed by atoms with E-state index in [1.807, 2.05) is 10.9 Å². The lowest BCUT2D eigenvalue weighted by Gasteiger charge is -2.12. The molecule has 0 radical (unpaired) electrons. The van der Waals surface area contributed by atoms with Crippen molar-refractivity contribution in [2.45, 2.75) is 36.6 Å². The highest BCUT2D eigenvalue weighted by Gasteiger charge is 2.26. The van der Waals surface area contributed by atoms with Crippen LogP contribution < -0.4 is 15.4 Å². The minimum atomic E-state index is -3.64. The molecule has 2 aromatic rings. The van der Waals surface area contributed by atoms with Crippen LogP contribution in [0.1, 0.15) is 30.9 Å². The Hall–Kier alpha value is -2.39. The van der Waals surface area contributed by atoms with Crippen molar-refractivity contribution in [3.8, 4) is 0 Å². The number of anilines is 1. The number of sulfonamides is 1. The van der Waals surface area contributed by atoms with Gasteiger partial charge in [0.2, 0.25) is 10.0 Å². The molecule has 0 spiro atoms. The zero-order chi connectivity index (χ0) is 18.6. The first-order chi connectivity index (χ1) is 12.5. The fourth-order valence-electron chi connectivity index (χ4n) is 2.77. The molecule has 8 nitrogen and oxygen atoms in total. The van der Waals surface area contributed by atoms with Gasteiger partial charge in [-0.05, 0) is 44.5 Å². The summed E-state index contributed by atoms with van der Waals surface area (Å²) in [4.78, 5) is 12.1. The number of para-hydroxylation sites is 1. The molecule has 2 amide bonds. The molecule has 0 atom stereocenters. The molecule has 1 aromatic heterocycles. The number of carbonyl (C=O) groups is 1. The van der Waals surface area contributed by atoms with E-state index in [1.54, 1.807) is 18.2 Å². The van der Waals surface area contributed by atoms with Gasteiger partial charge in [-0.3, -0.25) is 4.68 Å². The van der Waals surface area contributed by atoms with Crippen LogP contribution in [0.25, 0.3) is 0 Å². The quantitative estimate of drug-likeness (QED) is 0.611. The van der Waals surface area contributed by atoms with Crippen molar-refractivity contribution < 1.29 is 13.2 Å². The van der Waals surface area contributed by atoms with Crippen LogP contribution >= 0.6 is 0 Å². The Kier molecular flexibility index (Phi) is 5.58. The summed E-state index contributed by atoms with van der Waals surface area (Å²) < 4.78 is 28.2. The van der Waals surface area contributed by atoms with Gasteiger partial charge in [0.1, 0.15) is 4.90 Å². The molecule has 0 saturated heterocycles. The topological polar surface area (TPSA) is 105 Å². The minimum Gasteiger partial charge on any atom is -0.338 e. The lowest BCUT2D eigenvalue weighted by Crippen LogP contribution is -2.31. The predicted octanol–water partition coefficient (Wildman–Crippen LogP) is 1.88. The Balaban J connectivity index is 1.50. The molecule has 0 unspecified atom stereocenters. The highest BCUT2D eigenvalue weighted by molar-refractivity contribution is 7.89. The van der Waals surface area contributed by atoms with E-state index in [1.165, 1.54) is 31.6 Å². The van der Waals surface area contributed by atoms with Gasteiger partial charge in [-0.25, -0.2) is 17.9 Å². The monoisotopic (exact) mass is 377 g/mol. The van der Waals surface area contributed by atoms with E-state index in [0.29, 0.717) is 12.5 Å². The van der Waals surface area contributed by atoms with Crippen molar-refractivity contribution in [2.24, 2.45) is 0 Å². The van der Waals surface area contributed by atoms with Crippen molar-refractivity contribution in [2.75, 3.05) is 18.9 Å². The zero-order valence-electron chi connectivity index (χ0n) is 14.6. The molecule has 1 aliphatic carbocycles. The van der Waals surface area contributed by atoms with E-state index in [4.69, 9.17) is 0 Å². The maximum absolute atomic E-state index is 12.1. The molecular formula is C17H23N5O3S. The third-order valence-corrected chi connectivity index (χ3v) is 5.74. The Morgan fingerprint density at radius 1 is 1.27 bits per heavy atom. The Morgan fingerprint density at radius 2 is 2.04 bits per heavy atom.